The number of hydrogen-bond donors (Lipinski definition) is 2. The molecule has 6 nitrogen and oxygen atoms in total. The SMILES string of the molecule is CCSc1nnc(NC(=O)C(NC(C)=O)C2CCCC2)s1. The summed E-state index contributed by atoms with van der Waals surface area (Å²) in [6, 6.07) is -0.476. The van der Waals surface area contributed by atoms with E-state index in [-0.39, 0.29) is 17.7 Å². The van der Waals surface area contributed by atoms with Crippen molar-refractivity contribution in [3.8, 4) is 0 Å². The van der Waals surface area contributed by atoms with Gasteiger partial charge in [0.05, 0.1) is 0 Å². The summed E-state index contributed by atoms with van der Waals surface area (Å²) in [7, 11) is 0. The fourth-order valence-corrected chi connectivity index (χ4v) is 4.18. The predicted molar refractivity (Wildman–Crippen MR) is 84.5 cm³/mol. The van der Waals surface area contributed by atoms with E-state index in [0.29, 0.717) is 5.13 Å². The minimum atomic E-state index is -0.476. The lowest BCUT2D eigenvalue weighted by molar-refractivity contribution is -0.126. The van der Waals surface area contributed by atoms with Gasteiger partial charge >= 0.3 is 0 Å². The molecule has 1 heterocycles. The number of nitrogens with zero attached hydrogens (tertiary/aromatic N) is 2. The molecule has 0 aromatic carbocycles. The molecule has 0 aliphatic heterocycles. The van der Waals surface area contributed by atoms with Crippen LogP contribution in [0.5, 0.6) is 0 Å². The number of carbonyl (C=O) groups excluding carboxylic acids is 2. The molecule has 2 amide bonds. The molecule has 1 saturated carbocycles. The van der Waals surface area contributed by atoms with Gasteiger partial charge in [-0.1, -0.05) is 42.9 Å². The first-order valence-corrected chi connectivity index (χ1v) is 8.94. The van der Waals surface area contributed by atoms with Gasteiger partial charge in [0.15, 0.2) is 4.34 Å². The van der Waals surface area contributed by atoms with Gasteiger partial charge in [-0.3, -0.25) is 14.9 Å². The Hall–Kier alpha value is -1.15. The Labute approximate surface area is 132 Å². The molecule has 21 heavy (non-hydrogen) atoms. The molecule has 1 unspecified atom stereocenters. The van der Waals surface area contributed by atoms with E-state index in [1.807, 2.05) is 6.92 Å². The van der Waals surface area contributed by atoms with Crippen molar-refractivity contribution < 1.29 is 9.59 Å². The molecule has 116 valence electrons. The third-order valence-electron chi connectivity index (χ3n) is 3.42. The second-order valence-electron chi connectivity index (χ2n) is 5.02. The summed E-state index contributed by atoms with van der Waals surface area (Å²) in [6.45, 7) is 3.48. The molecule has 8 heteroatoms. The molecular weight excluding hydrogens is 308 g/mol. The quantitative estimate of drug-likeness (QED) is 0.618. The zero-order valence-corrected chi connectivity index (χ0v) is 13.9. The summed E-state index contributed by atoms with van der Waals surface area (Å²) in [5.41, 5.74) is 0. The fraction of sp³-hybridized carbons (Fsp3) is 0.692. The van der Waals surface area contributed by atoms with Crippen LogP contribution in [0.3, 0.4) is 0 Å². The van der Waals surface area contributed by atoms with E-state index in [4.69, 9.17) is 0 Å². The lowest BCUT2D eigenvalue weighted by Gasteiger charge is -2.22. The van der Waals surface area contributed by atoms with Gasteiger partial charge < -0.3 is 5.32 Å². The molecule has 1 aliphatic carbocycles. The van der Waals surface area contributed by atoms with Crippen molar-refractivity contribution in [3.05, 3.63) is 0 Å². The van der Waals surface area contributed by atoms with E-state index in [2.05, 4.69) is 20.8 Å². The van der Waals surface area contributed by atoms with E-state index >= 15 is 0 Å². The molecule has 0 bridgehead atoms. The number of hydrogen-bond acceptors (Lipinski definition) is 6. The number of thioether (sulfide) groups is 1. The summed E-state index contributed by atoms with van der Waals surface area (Å²) < 4.78 is 0.838. The molecule has 2 N–H and O–H groups in total. The van der Waals surface area contributed by atoms with Gasteiger partial charge in [-0.15, -0.1) is 10.2 Å². The second-order valence-corrected chi connectivity index (χ2v) is 7.51. The standard InChI is InChI=1S/C13H20N4O2S2/c1-3-20-13-17-16-12(21-13)15-11(19)10(14-8(2)18)9-6-4-5-7-9/h9-10H,3-7H2,1-2H3,(H,14,18)(H,15,16,19). The van der Waals surface area contributed by atoms with E-state index in [9.17, 15) is 9.59 Å². The van der Waals surface area contributed by atoms with Crippen LogP contribution in [0, 0.1) is 5.92 Å². The van der Waals surface area contributed by atoms with E-state index < -0.39 is 6.04 Å². The molecule has 1 aromatic heterocycles. The third kappa shape index (κ3) is 4.67. The number of anilines is 1. The van der Waals surface area contributed by atoms with Crippen molar-refractivity contribution >= 4 is 40.0 Å². The topological polar surface area (TPSA) is 84.0 Å². The number of nitrogens with one attached hydrogen (secondary N) is 2. The highest BCUT2D eigenvalue weighted by atomic mass is 32.2. The van der Waals surface area contributed by atoms with Gasteiger partial charge in [-0.25, -0.2) is 0 Å². The second kappa shape index (κ2) is 7.74. The van der Waals surface area contributed by atoms with Crippen molar-refractivity contribution in [2.45, 2.75) is 49.9 Å². The van der Waals surface area contributed by atoms with E-state index in [1.54, 1.807) is 11.8 Å². The summed E-state index contributed by atoms with van der Waals surface area (Å²) in [6.07, 6.45) is 4.19. The largest absolute Gasteiger partial charge is 0.344 e. The van der Waals surface area contributed by atoms with Gasteiger partial charge in [0.1, 0.15) is 6.04 Å². The highest BCUT2D eigenvalue weighted by Gasteiger charge is 2.31. The first kappa shape index (κ1) is 16.2. The summed E-state index contributed by atoms with van der Waals surface area (Å²) in [4.78, 5) is 23.7. The van der Waals surface area contributed by atoms with Crippen molar-refractivity contribution in [3.63, 3.8) is 0 Å². The number of aromatic nitrogens is 2. The van der Waals surface area contributed by atoms with Gasteiger partial charge in [-0.2, -0.15) is 0 Å². The normalized spacial score (nSPS) is 16.7. The Bertz CT molecular complexity index is 500. The highest BCUT2D eigenvalue weighted by Crippen LogP contribution is 2.29. The number of rotatable bonds is 6. The first-order chi connectivity index (χ1) is 10.1. The maximum atomic E-state index is 12.4. The van der Waals surface area contributed by atoms with Crippen LogP contribution in [-0.2, 0) is 9.59 Å². The lowest BCUT2D eigenvalue weighted by atomic mass is 9.97. The Morgan fingerprint density at radius 3 is 2.71 bits per heavy atom. The Morgan fingerprint density at radius 1 is 1.38 bits per heavy atom. The van der Waals surface area contributed by atoms with Crippen molar-refractivity contribution in [2.75, 3.05) is 11.1 Å². The van der Waals surface area contributed by atoms with Crippen LogP contribution in [0.15, 0.2) is 4.34 Å². The summed E-state index contributed by atoms with van der Waals surface area (Å²) in [5.74, 6) is 0.758. The Morgan fingerprint density at radius 2 is 2.10 bits per heavy atom. The Kier molecular flexibility index (Phi) is 5.98. The molecule has 1 atom stereocenters. The summed E-state index contributed by atoms with van der Waals surface area (Å²) >= 11 is 2.95. The zero-order valence-electron chi connectivity index (χ0n) is 12.2. The highest BCUT2D eigenvalue weighted by molar-refractivity contribution is 8.01. The molecule has 1 aliphatic rings. The third-order valence-corrected chi connectivity index (χ3v) is 5.27. The fourth-order valence-electron chi connectivity index (χ4n) is 2.53. The molecule has 1 aromatic rings. The number of amides is 2. The average Bonchev–Trinajstić information content (AvgIpc) is 3.08. The minimum Gasteiger partial charge on any atom is -0.344 e. The smallest absolute Gasteiger partial charge is 0.249 e. The van der Waals surface area contributed by atoms with Gasteiger partial charge in [-0.05, 0) is 24.5 Å². The van der Waals surface area contributed by atoms with Crippen LogP contribution in [0.4, 0.5) is 5.13 Å². The summed E-state index contributed by atoms with van der Waals surface area (Å²) in [5, 5.41) is 14.0. The van der Waals surface area contributed by atoms with Crippen LogP contribution < -0.4 is 10.6 Å². The molecular formula is C13H20N4O2S2. The zero-order chi connectivity index (χ0) is 15.2. The van der Waals surface area contributed by atoms with E-state index in [1.165, 1.54) is 18.3 Å². The van der Waals surface area contributed by atoms with Crippen LogP contribution in [-0.4, -0.2) is 33.8 Å². The van der Waals surface area contributed by atoms with Crippen molar-refractivity contribution in [1.29, 1.82) is 0 Å². The maximum absolute atomic E-state index is 12.4. The minimum absolute atomic E-state index is 0.179. The van der Waals surface area contributed by atoms with Gasteiger partial charge in [0, 0.05) is 6.92 Å². The Balaban J connectivity index is 2.00. The van der Waals surface area contributed by atoms with Crippen LogP contribution >= 0.6 is 23.1 Å². The van der Waals surface area contributed by atoms with Gasteiger partial charge in [0.25, 0.3) is 0 Å². The van der Waals surface area contributed by atoms with Gasteiger partial charge in [0.2, 0.25) is 16.9 Å². The maximum Gasteiger partial charge on any atom is 0.249 e. The molecule has 0 radical (unpaired) electrons. The molecule has 0 saturated heterocycles. The van der Waals surface area contributed by atoms with E-state index in [0.717, 1.165) is 35.8 Å². The van der Waals surface area contributed by atoms with Crippen LogP contribution in [0.1, 0.15) is 39.5 Å². The molecule has 0 spiro atoms. The van der Waals surface area contributed by atoms with Crippen molar-refractivity contribution in [2.24, 2.45) is 5.92 Å². The average molecular weight is 328 g/mol. The molecule has 2 rings (SSSR count). The van der Waals surface area contributed by atoms with Crippen LogP contribution in [0.25, 0.3) is 0 Å². The predicted octanol–water partition coefficient (Wildman–Crippen LogP) is 2.28. The van der Waals surface area contributed by atoms with Crippen LogP contribution in [0.2, 0.25) is 0 Å². The molecule has 1 fully saturated rings. The number of carbonyl (C=O) groups is 2. The lowest BCUT2D eigenvalue weighted by Crippen LogP contribution is -2.47. The van der Waals surface area contributed by atoms with Crippen molar-refractivity contribution in [1.82, 2.24) is 15.5 Å². The monoisotopic (exact) mass is 328 g/mol. The first-order valence-electron chi connectivity index (χ1n) is 7.14.